The van der Waals surface area contributed by atoms with E-state index in [0.717, 1.165) is 0 Å². The van der Waals surface area contributed by atoms with Gasteiger partial charge < -0.3 is 14.8 Å². The van der Waals surface area contributed by atoms with Crippen LogP contribution in [0.1, 0.15) is 15.9 Å². The number of morpholine rings is 1. The predicted molar refractivity (Wildman–Crippen MR) is 105 cm³/mol. The molecule has 0 bridgehead atoms. The molecule has 1 aliphatic rings. The molecule has 2 aromatic rings. The highest BCUT2D eigenvalue weighted by Crippen LogP contribution is 2.20. The number of ether oxygens (including phenoxy) is 2. The fraction of sp³-hybridized carbons (Fsp3) is 0.350. The number of benzene rings is 2. The van der Waals surface area contributed by atoms with Gasteiger partial charge in [0, 0.05) is 25.2 Å². The minimum absolute atomic E-state index is 0.0736. The van der Waals surface area contributed by atoms with E-state index < -0.39 is 28.7 Å². The van der Waals surface area contributed by atoms with Gasteiger partial charge in [0.1, 0.15) is 5.75 Å². The largest absolute Gasteiger partial charge is 0.484 e. The molecular formula is C20H21F3N2O5S. The number of amides is 1. The second-order valence-electron chi connectivity index (χ2n) is 6.77. The van der Waals surface area contributed by atoms with E-state index in [9.17, 15) is 26.4 Å². The molecule has 168 valence electrons. The van der Waals surface area contributed by atoms with E-state index in [0.29, 0.717) is 18.8 Å². The number of halogens is 3. The van der Waals surface area contributed by atoms with E-state index in [1.165, 1.54) is 40.7 Å². The summed E-state index contributed by atoms with van der Waals surface area (Å²) in [7, 11) is -3.64. The van der Waals surface area contributed by atoms with Crippen LogP contribution in [0.5, 0.6) is 5.75 Å². The maximum Gasteiger partial charge on any atom is 0.422 e. The molecule has 0 saturated carbocycles. The van der Waals surface area contributed by atoms with Gasteiger partial charge in [0.15, 0.2) is 6.61 Å². The van der Waals surface area contributed by atoms with E-state index in [-0.39, 0.29) is 35.8 Å². The summed E-state index contributed by atoms with van der Waals surface area (Å²) in [5.74, 6) is -0.336. The Morgan fingerprint density at radius 2 is 1.65 bits per heavy atom. The number of rotatable bonds is 7. The van der Waals surface area contributed by atoms with E-state index in [4.69, 9.17) is 4.74 Å². The molecule has 31 heavy (non-hydrogen) atoms. The smallest absolute Gasteiger partial charge is 0.422 e. The Labute approximate surface area is 177 Å². The van der Waals surface area contributed by atoms with Crippen molar-refractivity contribution in [2.75, 3.05) is 32.9 Å². The van der Waals surface area contributed by atoms with Crippen LogP contribution in [0.15, 0.2) is 53.4 Å². The molecular weight excluding hydrogens is 437 g/mol. The number of nitrogens with one attached hydrogen (secondary N) is 1. The van der Waals surface area contributed by atoms with Gasteiger partial charge in [-0.25, -0.2) is 8.42 Å². The zero-order chi connectivity index (χ0) is 22.5. The summed E-state index contributed by atoms with van der Waals surface area (Å²) in [6, 6.07) is 11.5. The highest BCUT2D eigenvalue weighted by Gasteiger charge is 2.28. The molecule has 3 rings (SSSR count). The normalized spacial score (nSPS) is 15.5. The van der Waals surface area contributed by atoms with Crippen molar-refractivity contribution in [2.45, 2.75) is 17.6 Å². The molecule has 0 atom stereocenters. The van der Waals surface area contributed by atoms with Crippen LogP contribution in [0, 0.1) is 0 Å². The number of alkyl halides is 3. The molecule has 1 heterocycles. The Hall–Kier alpha value is -2.63. The van der Waals surface area contributed by atoms with Gasteiger partial charge in [-0.05, 0) is 42.0 Å². The van der Waals surface area contributed by atoms with Crippen molar-refractivity contribution in [3.05, 3.63) is 59.7 Å². The van der Waals surface area contributed by atoms with E-state index in [1.54, 1.807) is 12.1 Å². The van der Waals surface area contributed by atoms with Crippen LogP contribution < -0.4 is 10.1 Å². The molecule has 7 nitrogen and oxygen atoms in total. The third-order valence-electron chi connectivity index (χ3n) is 4.50. The van der Waals surface area contributed by atoms with Crippen LogP contribution >= 0.6 is 0 Å². The predicted octanol–water partition coefficient (Wildman–Crippen LogP) is 2.58. The molecule has 1 aliphatic heterocycles. The lowest BCUT2D eigenvalue weighted by Crippen LogP contribution is -2.40. The highest BCUT2D eigenvalue weighted by atomic mass is 32.2. The van der Waals surface area contributed by atoms with Crippen LogP contribution in [0.4, 0.5) is 13.2 Å². The van der Waals surface area contributed by atoms with E-state index in [2.05, 4.69) is 10.1 Å². The Morgan fingerprint density at radius 3 is 2.23 bits per heavy atom. The number of hydrogen-bond donors (Lipinski definition) is 1. The lowest BCUT2D eigenvalue weighted by Gasteiger charge is -2.26. The molecule has 11 heteroatoms. The van der Waals surface area contributed by atoms with Gasteiger partial charge in [-0.15, -0.1) is 0 Å². The lowest BCUT2D eigenvalue weighted by molar-refractivity contribution is -0.153. The average Bonchev–Trinajstić information content (AvgIpc) is 2.77. The number of sulfonamides is 1. The van der Waals surface area contributed by atoms with Crippen LogP contribution in [0.2, 0.25) is 0 Å². The Kier molecular flexibility index (Phi) is 7.19. The minimum atomic E-state index is -4.41. The summed E-state index contributed by atoms with van der Waals surface area (Å²) in [5.41, 5.74) is 0.949. The third kappa shape index (κ3) is 6.42. The van der Waals surface area contributed by atoms with Gasteiger partial charge in [0.05, 0.1) is 18.1 Å². The summed E-state index contributed by atoms with van der Waals surface area (Å²) in [6.07, 6.45) is -4.41. The maximum absolute atomic E-state index is 12.6. The zero-order valence-corrected chi connectivity index (χ0v) is 17.2. The lowest BCUT2D eigenvalue weighted by atomic mass is 10.2. The van der Waals surface area contributed by atoms with Gasteiger partial charge in [-0.3, -0.25) is 4.79 Å². The van der Waals surface area contributed by atoms with Crippen molar-refractivity contribution in [3.8, 4) is 5.75 Å². The maximum atomic E-state index is 12.6. The first kappa shape index (κ1) is 23.0. The molecule has 0 aliphatic carbocycles. The van der Waals surface area contributed by atoms with Gasteiger partial charge in [-0.2, -0.15) is 17.5 Å². The molecule has 0 aromatic heterocycles. The van der Waals surface area contributed by atoms with Crippen molar-refractivity contribution in [1.29, 1.82) is 0 Å². The third-order valence-corrected chi connectivity index (χ3v) is 6.42. The SMILES string of the molecule is O=C(NCc1ccc(OCC(F)(F)F)cc1)c1ccc(S(=O)(=O)N2CCOCC2)cc1. The van der Waals surface area contributed by atoms with Crippen molar-refractivity contribution >= 4 is 15.9 Å². The van der Waals surface area contributed by atoms with Crippen LogP contribution in [0.3, 0.4) is 0 Å². The monoisotopic (exact) mass is 458 g/mol. The zero-order valence-electron chi connectivity index (χ0n) is 16.4. The topological polar surface area (TPSA) is 84.9 Å². The quantitative estimate of drug-likeness (QED) is 0.690. The first-order chi connectivity index (χ1) is 14.6. The number of carbonyl (C=O) groups excluding carboxylic acids is 1. The van der Waals surface area contributed by atoms with Gasteiger partial charge in [0.2, 0.25) is 10.0 Å². The summed E-state index contributed by atoms with van der Waals surface area (Å²) in [6.45, 7) is 0.0199. The van der Waals surface area contributed by atoms with Crippen LogP contribution in [-0.4, -0.2) is 57.7 Å². The molecule has 1 amide bonds. The summed E-state index contributed by atoms with van der Waals surface area (Å²) >= 11 is 0. The summed E-state index contributed by atoms with van der Waals surface area (Å²) in [4.78, 5) is 12.4. The molecule has 0 unspecified atom stereocenters. The fourth-order valence-corrected chi connectivity index (χ4v) is 4.28. The van der Waals surface area contributed by atoms with Crippen molar-refractivity contribution in [3.63, 3.8) is 0 Å². The van der Waals surface area contributed by atoms with Gasteiger partial charge >= 0.3 is 6.18 Å². The first-order valence-corrected chi connectivity index (χ1v) is 10.8. The van der Waals surface area contributed by atoms with Crippen LogP contribution in [-0.2, 0) is 21.3 Å². The van der Waals surface area contributed by atoms with Crippen molar-refractivity contribution < 1.29 is 35.9 Å². The summed E-state index contributed by atoms with van der Waals surface area (Å²) < 4.78 is 72.8. The molecule has 0 spiro atoms. The van der Waals surface area contributed by atoms with Gasteiger partial charge in [-0.1, -0.05) is 12.1 Å². The van der Waals surface area contributed by atoms with E-state index in [1.807, 2.05) is 0 Å². The molecule has 2 aromatic carbocycles. The number of carbonyl (C=O) groups is 1. The van der Waals surface area contributed by atoms with Crippen molar-refractivity contribution in [2.24, 2.45) is 0 Å². The number of hydrogen-bond acceptors (Lipinski definition) is 5. The molecule has 1 N–H and O–H groups in total. The molecule has 1 saturated heterocycles. The molecule has 0 radical (unpaired) electrons. The molecule has 1 fully saturated rings. The first-order valence-electron chi connectivity index (χ1n) is 9.40. The number of nitrogens with zero attached hydrogens (tertiary/aromatic N) is 1. The Balaban J connectivity index is 1.55. The Bertz CT molecular complexity index is 987. The average molecular weight is 458 g/mol. The summed E-state index contributed by atoms with van der Waals surface area (Å²) in [5, 5.41) is 2.68. The van der Waals surface area contributed by atoms with E-state index >= 15 is 0 Å². The minimum Gasteiger partial charge on any atom is -0.484 e. The fourth-order valence-electron chi connectivity index (χ4n) is 2.87. The standard InChI is InChI=1S/C20H21F3N2O5S/c21-20(22,23)14-30-17-5-1-15(2-6-17)13-24-19(26)16-3-7-18(8-4-16)31(27,28)25-9-11-29-12-10-25/h1-8H,9-14H2,(H,24,26). The second-order valence-corrected chi connectivity index (χ2v) is 8.71. The highest BCUT2D eigenvalue weighted by molar-refractivity contribution is 7.89. The Morgan fingerprint density at radius 1 is 1.03 bits per heavy atom. The van der Waals surface area contributed by atoms with Crippen LogP contribution in [0.25, 0.3) is 0 Å². The second kappa shape index (κ2) is 9.67. The van der Waals surface area contributed by atoms with Gasteiger partial charge in [0.25, 0.3) is 5.91 Å². The van der Waals surface area contributed by atoms with Crippen molar-refractivity contribution in [1.82, 2.24) is 9.62 Å².